The fraction of sp³-hybridized carbons (Fsp3) is 0.400. The van der Waals surface area contributed by atoms with Crippen LogP contribution >= 0.6 is 15.9 Å². The van der Waals surface area contributed by atoms with Crippen molar-refractivity contribution in [2.24, 2.45) is 0 Å². The van der Waals surface area contributed by atoms with Gasteiger partial charge in [0.15, 0.2) is 0 Å². The monoisotopic (exact) mass is 284 g/mol. The average molecular weight is 285 g/mol. The summed E-state index contributed by atoms with van der Waals surface area (Å²) >= 11 is 2.94. The molecule has 0 bridgehead atoms. The SMILES string of the molecule is CC.OCC(F)(F)c1cc(Br)ccc1F. The molecule has 1 aromatic carbocycles. The zero-order chi connectivity index (χ0) is 12.1. The van der Waals surface area contributed by atoms with Crippen molar-refractivity contribution in [1.82, 2.24) is 0 Å². The van der Waals surface area contributed by atoms with Crippen LogP contribution in [0, 0.1) is 5.82 Å². The van der Waals surface area contributed by atoms with E-state index in [0.717, 1.165) is 12.1 Å². The first-order valence-corrected chi connectivity index (χ1v) is 5.21. The lowest BCUT2D eigenvalue weighted by molar-refractivity contribution is -0.0583. The van der Waals surface area contributed by atoms with Gasteiger partial charge in [-0.3, -0.25) is 0 Å². The molecule has 0 spiro atoms. The third kappa shape index (κ3) is 3.83. The van der Waals surface area contributed by atoms with Gasteiger partial charge in [-0.15, -0.1) is 0 Å². The summed E-state index contributed by atoms with van der Waals surface area (Å²) in [5.74, 6) is -4.56. The number of halogens is 4. The van der Waals surface area contributed by atoms with E-state index in [4.69, 9.17) is 5.11 Å². The van der Waals surface area contributed by atoms with Crippen LogP contribution in [0.4, 0.5) is 13.2 Å². The smallest absolute Gasteiger partial charge is 0.298 e. The molecule has 86 valence electrons. The minimum absolute atomic E-state index is 0.344. The van der Waals surface area contributed by atoms with Crippen molar-refractivity contribution in [2.75, 3.05) is 6.61 Å². The van der Waals surface area contributed by atoms with Gasteiger partial charge >= 0.3 is 0 Å². The summed E-state index contributed by atoms with van der Waals surface area (Å²) in [5, 5.41) is 8.33. The summed E-state index contributed by atoms with van der Waals surface area (Å²) in [6.45, 7) is 2.60. The second kappa shape index (κ2) is 6.12. The summed E-state index contributed by atoms with van der Waals surface area (Å²) in [6, 6.07) is 3.18. The van der Waals surface area contributed by atoms with Crippen LogP contribution in [-0.4, -0.2) is 11.7 Å². The molecular formula is C10H12BrF3O. The van der Waals surface area contributed by atoms with E-state index in [9.17, 15) is 13.2 Å². The van der Waals surface area contributed by atoms with E-state index >= 15 is 0 Å². The summed E-state index contributed by atoms with van der Waals surface area (Å²) < 4.78 is 38.8. The molecule has 0 heterocycles. The number of hydrogen-bond donors (Lipinski definition) is 1. The number of alkyl halides is 2. The Kier molecular flexibility index (Phi) is 5.90. The van der Waals surface area contributed by atoms with Gasteiger partial charge in [0, 0.05) is 4.47 Å². The summed E-state index contributed by atoms with van der Waals surface area (Å²) in [7, 11) is 0. The van der Waals surface area contributed by atoms with Crippen LogP contribution in [-0.2, 0) is 5.92 Å². The Bertz CT molecular complexity index is 316. The Hall–Kier alpha value is -0.550. The van der Waals surface area contributed by atoms with E-state index in [-0.39, 0.29) is 0 Å². The largest absolute Gasteiger partial charge is 0.390 e. The Morgan fingerprint density at radius 1 is 1.33 bits per heavy atom. The first-order chi connectivity index (χ1) is 6.97. The summed E-state index contributed by atoms with van der Waals surface area (Å²) in [6.07, 6.45) is 0. The molecule has 0 aliphatic carbocycles. The molecule has 0 saturated carbocycles. The third-order valence-electron chi connectivity index (χ3n) is 1.52. The Morgan fingerprint density at radius 2 is 1.87 bits per heavy atom. The molecule has 1 rings (SSSR count). The molecule has 15 heavy (non-hydrogen) atoms. The molecule has 1 nitrogen and oxygen atoms in total. The van der Waals surface area contributed by atoms with Crippen LogP contribution in [0.25, 0.3) is 0 Å². The number of hydrogen-bond acceptors (Lipinski definition) is 1. The maximum atomic E-state index is 12.8. The maximum absolute atomic E-state index is 12.8. The van der Waals surface area contributed by atoms with Gasteiger partial charge < -0.3 is 5.11 Å². The topological polar surface area (TPSA) is 20.2 Å². The minimum atomic E-state index is -3.53. The molecule has 0 saturated heterocycles. The van der Waals surface area contributed by atoms with E-state index in [2.05, 4.69) is 15.9 Å². The highest BCUT2D eigenvalue weighted by molar-refractivity contribution is 9.10. The van der Waals surface area contributed by atoms with Crippen LogP contribution in [0.1, 0.15) is 19.4 Å². The van der Waals surface area contributed by atoms with Gasteiger partial charge in [-0.05, 0) is 18.2 Å². The highest BCUT2D eigenvalue weighted by atomic mass is 79.9. The van der Waals surface area contributed by atoms with Gasteiger partial charge in [-0.1, -0.05) is 29.8 Å². The molecule has 5 heteroatoms. The molecule has 0 aliphatic heterocycles. The minimum Gasteiger partial charge on any atom is -0.390 e. The van der Waals surface area contributed by atoms with E-state index in [1.165, 1.54) is 6.07 Å². The second-order valence-electron chi connectivity index (χ2n) is 2.49. The number of benzene rings is 1. The lowest BCUT2D eigenvalue weighted by Crippen LogP contribution is -2.20. The van der Waals surface area contributed by atoms with E-state index in [0.29, 0.717) is 4.47 Å². The van der Waals surface area contributed by atoms with E-state index in [1.54, 1.807) is 0 Å². The molecule has 0 amide bonds. The predicted molar refractivity (Wildman–Crippen MR) is 56.4 cm³/mol. The standard InChI is InChI=1S/C8H6BrF3O.C2H6/c9-5-1-2-7(10)6(3-5)8(11,12)4-13;1-2/h1-3,13H,4H2;1-2H3. The second-order valence-corrected chi connectivity index (χ2v) is 3.40. The molecule has 1 aromatic rings. The van der Waals surface area contributed by atoms with Gasteiger partial charge in [-0.2, -0.15) is 8.78 Å². The van der Waals surface area contributed by atoms with Crippen molar-refractivity contribution >= 4 is 15.9 Å². The molecule has 0 atom stereocenters. The van der Waals surface area contributed by atoms with Crippen molar-refractivity contribution in [2.45, 2.75) is 19.8 Å². The van der Waals surface area contributed by atoms with Crippen molar-refractivity contribution < 1.29 is 18.3 Å². The lowest BCUT2D eigenvalue weighted by atomic mass is 10.1. The van der Waals surface area contributed by atoms with Crippen molar-refractivity contribution in [3.8, 4) is 0 Å². The average Bonchev–Trinajstić information content (AvgIpc) is 2.24. The van der Waals surface area contributed by atoms with E-state index in [1.807, 2.05) is 13.8 Å². The van der Waals surface area contributed by atoms with Crippen molar-refractivity contribution in [1.29, 1.82) is 0 Å². The fourth-order valence-electron chi connectivity index (χ4n) is 0.863. The Labute approximate surface area is 95.1 Å². The normalized spacial score (nSPS) is 10.6. The number of aliphatic hydroxyl groups is 1. The van der Waals surface area contributed by atoms with E-state index < -0.39 is 23.9 Å². The first-order valence-electron chi connectivity index (χ1n) is 4.41. The lowest BCUT2D eigenvalue weighted by Gasteiger charge is -2.14. The quantitative estimate of drug-likeness (QED) is 0.878. The van der Waals surface area contributed by atoms with Gasteiger partial charge in [0.2, 0.25) is 0 Å². The summed E-state index contributed by atoms with van der Waals surface area (Å²) in [5.41, 5.74) is -0.802. The Morgan fingerprint density at radius 3 is 2.33 bits per heavy atom. The fourth-order valence-corrected chi connectivity index (χ4v) is 1.22. The maximum Gasteiger partial charge on any atom is 0.298 e. The van der Waals surface area contributed by atoms with Crippen LogP contribution in [0.2, 0.25) is 0 Å². The van der Waals surface area contributed by atoms with Gasteiger partial charge in [-0.25, -0.2) is 4.39 Å². The predicted octanol–water partition coefficient (Wildman–Crippen LogP) is 3.70. The van der Waals surface area contributed by atoms with Gasteiger partial charge in [0.05, 0.1) is 5.56 Å². The molecule has 1 N–H and O–H groups in total. The van der Waals surface area contributed by atoms with Crippen molar-refractivity contribution in [3.63, 3.8) is 0 Å². The zero-order valence-corrected chi connectivity index (χ0v) is 9.98. The molecule has 0 unspecified atom stereocenters. The molecule has 0 fully saturated rings. The van der Waals surface area contributed by atoms with Gasteiger partial charge in [0.25, 0.3) is 5.92 Å². The Balaban J connectivity index is 0.000000921. The highest BCUT2D eigenvalue weighted by Crippen LogP contribution is 2.31. The molecule has 0 aliphatic rings. The van der Waals surface area contributed by atoms with Crippen LogP contribution in [0.3, 0.4) is 0 Å². The van der Waals surface area contributed by atoms with Crippen molar-refractivity contribution in [3.05, 3.63) is 34.1 Å². The number of rotatable bonds is 2. The molecule has 0 radical (unpaired) electrons. The molecule has 0 aromatic heterocycles. The van der Waals surface area contributed by atoms with Crippen LogP contribution in [0.5, 0.6) is 0 Å². The zero-order valence-electron chi connectivity index (χ0n) is 8.40. The first kappa shape index (κ1) is 14.5. The van der Waals surface area contributed by atoms with Gasteiger partial charge in [0.1, 0.15) is 12.4 Å². The highest BCUT2D eigenvalue weighted by Gasteiger charge is 2.33. The van der Waals surface area contributed by atoms with Crippen LogP contribution in [0.15, 0.2) is 22.7 Å². The van der Waals surface area contributed by atoms with Crippen LogP contribution < -0.4 is 0 Å². The summed E-state index contributed by atoms with van der Waals surface area (Å²) in [4.78, 5) is 0. The third-order valence-corrected chi connectivity index (χ3v) is 2.01. The number of aliphatic hydroxyl groups excluding tert-OH is 1. The molecular weight excluding hydrogens is 273 g/mol.